The largest absolute Gasteiger partial charge is 0.363 e. The van der Waals surface area contributed by atoms with Gasteiger partial charge in [-0.15, -0.1) is 0 Å². The number of nitrogens with one attached hydrogen (secondary N) is 1. The number of rotatable bonds is 6. The second-order valence-corrected chi connectivity index (χ2v) is 10.2. The van der Waals surface area contributed by atoms with Crippen molar-refractivity contribution >= 4 is 17.5 Å². The molecule has 33 heavy (non-hydrogen) atoms. The standard InChI is InChI=1S/C27H34ClFN2O2/c1-19(2)27(26(32)30-17-20-4-3-5-23(28)16-20)13-10-25(18-33-27)31-14-11-22(12-15-31)21-6-8-24(29)9-7-21/h3-9,16,19,22,25H,10-15,17-18H2,1-2H3,(H,30,32). The molecule has 0 aliphatic carbocycles. The maximum atomic E-state index is 13.2. The molecule has 2 aliphatic rings. The van der Waals surface area contributed by atoms with E-state index >= 15 is 0 Å². The molecule has 2 aromatic carbocycles. The number of carbonyl (C=O) groups is 1. The van der Waals surface area contributed by atoms with Gasteiger partial charge in [-0.1, -0.05) is 49.7 Å². The minimum atomic E-state index is -0.790. The van der Waals surface area contributed by atoms with Crippen LogP contribution in [-0.4, -0.2) is 42.1 Å². The molecule has 2 fully saturated rings. The van der Waals surface area contributed by atoms with Crippen LogP contribution < -0.4 is 5.32 Å². The third-order valence-corrected chi connectivity index (χ3v) is 7.66. The first-order valence-corrected chi connectivity index (χ1v) is 12.4. The predicted molar refractivity (Wildman–Crippen MR) is 130 cm³/mol. The number of nitrogens with zero attached hydrogens (tertiary/aromatic N) is 1. The van der Waals surface area contributed by atoms with E-state index in [2.05, 4.69) is 24.1 Å². The molecule has 0 saturated carbocycles. The molecule has 0 bridgehead atoms. The van der Waals surface area contributed by atoms with E-state index in [1.54, 1.807) is 12.1 Å². The quantitative estimate of drug-likeness (QED) is 0.599. The monoisotopic (exact) mass is 472 g/mol. The molecule has 2 atom stereocenters. The van der Waals surface area contributed by atoms with Crippen LogP contribution in [0.3, 0.4) is 0 Å². The van der Waals surface area contributed by atoms with Crippen molar-refractivity contribution in [1.29, 1.82) is 0 Å². The highest BCUT2D eigenvalue weighted by molar-refractivity contribution is 6.30. The predicted octanol–water partition coefficient (Wildman–Crippen LogP) is 5.55. The Morgan fingerprint density at radius 1 is 1.18 bits per heavy atom. The van der Waals surface area contributed by atoms with E-state index < -0.39 is 5.60 Å². The lowest BCUT2D eigenvalue weighted by molar-refractivity contribution is -0.170. The first kappa shape index (κ1) is 24.2. The Kier molecular flexibility index (Phi) is 7.72. The first-order chi connectivity index (χ1) is 15.9. The van der Waals surface area contributed by atoms with Crippen molar-refractivity contribution in [2.45, 2.75) is 63.6 Å². The molecule has 4 nitrogen and oxygen atoms in total. The van der Waals surface area contributed by atoms with Crippen molar-refractivity contribution in [3.05, 3.63) is 70.5 Å². The number of amides is 1. The van der Waals surface area contributed by atoms with Gasteiger partial charge in [0.15, 0.2) is 0 Å². The van der Waals surface area contributed by atoms with E-state index in [1.807, 2.05) is 36.4 Å². The summed E-state index contributed by atoms with van der Waals surface area (Å²) in [6, 6.07) is 14.8. The van der Waals surface area contributed by atoms with E-state index in [4.69, 9.17) is 16.3 Å². The van der Waals surface area contributed by atoms with Gasteiger partial charge >= 0.3 is 0 Å². The van der Waals surface area contributed by atoms with Gasteiger partial charge < -0.3 is 10.1 Å². The summed E-state index contributed by atoms with van der Waals surface area (Å²) in [6.45, 7) is 7.15. The maximum Gasteiger partial charge on any atom is 0.252 e. The summed E-state index contributed by atoms with van der Waals surface area (Å²) >= 11 is 6.07. The van der Waals surface area contributed by atoms with Crippen molar-refractivity contribution in [1.82, 2.24) is 10.2 Å². The Hall–Kier alpha value is -1.95. The van der Waals surface area contributed by atoms with Crippen LogP contribution in [-0.2, 0) is 16.1 Å². The number of likely N-dealkylation sites (tertiary alicyclic amines) is 1. The van der Waals surface area contributed by atoms with E-state index in [0.29, 0.717) is 36.6 Å². The Bertz CT molecular complexity index is 933. The zero-order chi connectivity index (χ0) is 23.4. The summed E-state index contributed by atoms with van der Waals surface area (Å²) < 4.78 is 19.6. The summed E-state index contributed by atoms with van der Waals surface area (Å²) in [6.07, 6.45) is 3.80. The minimum Gasteiger partial charge on any atom is -0.363 e. The van der Waals surface area contributed by atoms with Gasteiger partial charge in [-0.2, -0.15) is 0 Å². The normalized spacial score (nSPS) is 24.7. The molecule has 0 aromatic heterocycles. The molecule has 2 unspecified atom stereocenters. The van der Waals surface area contributed by atoms with Crippen LogP contribution >= 0.6 is 11.6 Å². The number of piperidine rings is 1. The second kappa shape index (κ2) is 10.5. The highest BCUT2D eigenvalue weighted by atomic mass is 35.5. The number of halogens is 2. The molecular formula is C27H34ClFN2O2. The Balaban J connectivity index is 1.31. The first-order valence-electron chi connectivity index (χ1n) is 12.0. The fourth-order valence-electron chi connectivity index (χ4n) is 5.28. The highest BCUT2D eigenvalue weighted by Gasteiger charge is 2.46. The number of carbonyl (C=O) groups excluding carboxylic acids is 1. The summed E-state index contributed by atoms with van der Waals surface area (Å²) in [7, 11) is 0. The number of hydrogen-bond acceptors (Lipinski definition) is 3. The van der Waals surface area contributed by atoms with Gasteiger partial charge in [-0.05, 0) is 86.0 Å². The van der Waals surface area contributed by atoms with Gasteiger partial charge in [0.25, 0.3) is 5.91 Å². The molecule has 1 N–H and O–H groups in total. The van der Waals surface area contributed by atoms with Crippen LogP contribution in [0.1, 0.15) is 56.6 Å². The number of ether oxygens (including phenoxy) is 1. The van der Waals surface area contributed by atoms with Crippen LogP contribution in [0, 0.1) is 11.7 Å². The SMILES string of the molecule is CC(C)C1(C(=O)NCc2cccc(Cl)c2)CCC(N2CCC(c3ccc(F)cc3)CC2)CO1. The molecule has 178 valence electrons. The van der Waals surface area contributed by atoms with Gasteiger partial charge in [0.05, 0.1) is 6.61 Å². The van der Waals surface area contributed by atoms with Gasteiger partial charge in [-0.3, -0.25) is 9.69 Å². The lowest BCUT2D eigenvalue weighted by Crippen LogP contribution is -2.58. The fraction of sp³-hybridized carbons (Fsp3) is 0.519. The van der Waals surface area contributed by atoms with Crippen molar-refractivity contribution in [3.63, 3.8) is 0 Å². The van der Waals surface area contributed by atoms with Gasteiger partial charge in [0, 0.05) is 17.6 Å². The van der Waals surface area contributed by atoms with Gasteiger partial charge in [0.2, 0.25) is 0 Å². The van der Waals surface area contributed by atoms with Crippen LogP contribution in [0.2, 0.25) is 5.02 Å². The van der Waals surface area contributed by atoms with Crippen LogP contribution in [0.4, 0.5) is 4.39 Å². The molecule has 6 heteroatoms. The van der Waals surface area contributed by atoms with Crippen LogP contribution in [0.5, 0.6) is 0 Å². The maximum absolute atomic E-state index is 13.2. The van der Waals surface area contributed by atoms with Crippen molar-refractivity contribution < 1.29 is 13.9 Å². The van der Waals surface area contributed by atoms with Crippen molar-refractivity contribution in [2.24, 2.45) is 5.92 Å². The van der Waals surface area contributed by atoms with E-state index in [-0.39, 0.29) is 17.6 Å². The second-order valence-electron chi connectivity index (χ2n) is 9.72. The summed E-state index contributed by atoms with van der Waals surface area (Å²) in [5.74, 6) is 0.354. The molecule has 2 aliphatic heterocycles. The average Bonchev–Trinajstić information content (AvgIpc) is 2.83. The van der Waals surface area contributed by atoms with Crippen LogP contribution in [0.15, 0.2) is 48.5 Å². The van der Waals surface area contributed by atoms with E-state index in [1.165, 1.54) is 5.56 Å². The molecule has 0 radical (unpaired) electrons. The lowest BCUT2D eigenvalue weighted by Gasteiger charge is -2.46. The van der Waals surface area contributed by atoms with Crippen LogP contribution in [0.25, 0.3) is 0 Å². The smallest absolute Gasteiger partial charge is 0.252 e. The molecule has 2 aromatic rings. The average molecular weight is 473 g/mol. The third kappa shape index (κ3) is 5.59. The Morgan fingerprint density at radius 2 is 1.91 bits per heavy atom. The van der Waals surface area contributed by atoms with Gasteiger partial charge in [0.1, 0.15) is 11.4 Å². The number of benzene rings is 2. The minimum absolute atomic E-state index is 0.0362. The Morgan fingerprint density at radius 3 is 2.52 bits per heavy atom. The van der Waals surface area contributed by atoms with Gasteiger partial charge in [-0.25, -0.2) is 4.39 Å². The third-order valence-electron chi connectivity index (χ3n) is 7.43. The molecular weight excluding hydrogens is 439 g/mol. The summed E-state index contributed by atoms with van der Waals surface area (Å²) in [4.78, 5) is 15.7. The molecule has 4 rings (SSSR count). The summed E-state index contributed by atoms with van der Waals surface area (Å²) in [5.41, 5.74) is 1.42. The molecule has 0 spiro atoms. The fourth-order valence-corrected chi connectivity index (χ4v) is 5.49. The highest BCUT2D eigenvalue weighted by Crippen LogP contribution is 2.36. The zero-order valence-electron chi connectivity index (χ0n) is 19.5. The van der Waals surface area contributed by atoms with Crippen molar-refractivity contribution in [2.75, 3.05) is 19.7 Å². The van der Waals surface area contributed by atoms with E-state index in [9.17, 15) is 9.18 Å². The zero-order valence-corrected chi connectivity index (χ0v) is 20.3. The molecule has 1 amide bonds. The topological polar surface area (TPSA) is 41.6 Å². The molecule has 2 saturated heterocycles. The Labute approximate surface area is 201 Å². The summed E-state index contributed by atoms with van der Waals surface area (Å²) in [5, 5.41) is 3.74. The number of hydrogen-bond donors (Lipinski definition) is 1. The van der Waals surface area contributed by atoms with E-state index in [0.717, 1.165) is 37.9 Å². The molecule has 2 heterocycles. The van der Waals surface area contributed by atoms with Crippen molar-refractivity contribution in [3.8, 4) is 0 Å². The lowest BCUT2D eigenvalue weighted by atomic mass is 9.80.